The fourth-order valence-corrected chi connectivity index (χ4v) is 6.80. The first-order valence-corrected chi connectivity index (χ1v) is 11.1. The third-order valence-electron chi connectivity index (χ3n) is 7.36. The molecule has 3 amide bonds. The monoisotopic (exact) mass is 455 g/mol. The molecule has 2 aromatic rings. The van der Waals surface area contributed by atoms with E-state index in [2.05, 4.69) is 10.2 Å². The van der Waals surface area contributed by atoms with E-state index >= 15 is 0 Å². The second kappa shape index (κ2) is 6.31. The number of para-hydroxylation sites is 1. The highest BCUT2D eigenvalue weighted by molar-refractivity contribution is 6.36. The minimum Gasteiger partial charge on any atom is -0.324 e. The molecular weight excluding hydrogens is 437 g/mol. The van der Waals surface area contributed by atoms with E-state index in [1.54, 1.807) is 36.4 Å². The molecule has 4 heterocycles. The number of aryl methyl sites for hydroxylation is 1. The van der Waals surface area contributed by atoms with Gasteiger partial charge in [-0.2, -0.15) is 0 Å². The summed E-state index contributed by atoms with van der Waals surface area (Å²) in [7, 11) is 0. The molecule has 0 aliphatic carbocycles. The Kier molecular flexibility index (Phi) is 3.93. The SMILES string of the molecule is Cc1cc(Cl)cc2c1NC(=O)[C@@]21[C@@H]2C(=O)N(c3ccccc3Cl)C(=O)[C@@H]2[C@H]2CCCN21. The van der Waals surface area contributed by atoms with Gasteiger partial charge in [-0.3, -0.25) is 19.3 Å². The number of benzene rings is 2. The van der Waals surface area contributed by atoms with Gasteiger partial charge in [0, 0.05) is 22.3 Å². The normalized spacial score (nSPS) is 31.4. The van der Waals surface area contributed by atoms with Crippen molar-refractivity contribution in [3.05, 3.63) is 57.6 Å². The van der Waals surface area contributed by atoms with Gasteiger partial charge in [-0.1, -0.05) is 35.3 Å². The van der Waals surface area contributed by atoms with Gasteiger partial charge in [0.25, 0.3) is 0 Å². The Morgan fingerprint density at radius 3 is 2.65 bits per heavy atom. The molecule has 2 aromatic carbocycles. The average Bonchev–Trinajstić information content (AvgIpc) is 3.42. The summed E-state index contributed by atoms with van der Waals surface area (Å²) in [6, 6.07) is 10.2. The number of halogens is 2. The zero-order valence-corrected chi connectivity index (χ0v) is 18.2. The first-order valence-electron chi connectivity index (χ1n) is 10.4. The summed E-state index contributed by atoms with van der Waals surface area (Å²) < 4.78 is 0. The maximum Gasteiger partial charge on any atom is 0.250 e. The summed E-state index contributed by atoms with van der Waals surface area (Å²) in [5.41, 5.74) is 1.36. The summed E-state index contributed by atoms with van der Waals surface area (Å²) in [6.45, 7) is 2.54. The van der Waals surface area contributed by atoms with Crippen LogP contribution in [0.4, 0.5) is 11.4 Å². The predicted molar refractivity (Wildman–Crippen MR) is 117 cm³/mol. The van der Waals surface area contributed by atoms with Crippen molar-refractivity contribution >= 4 is 52.3 Å². The van der Waals surface area contributed by atoms with Crippen LogP contribution in [0.1, 0.15) is 24.0 Å². The summed E-state index contributed by atoms with van der Waals surface area (Å²) in [5, 5.41) is 3.84. The number of imide groups is 1. The lowest BCUT2D eigenvalue weighted by atomic mass is 9.75. The summed E-state index contributed by atoms with van der Waals surface area (Å²) >= 11 is 12.7. The van der Waals surface area contributed by atoms with Crippen molar-refractivity contribution < 1.29 is 14.4 Å². The molecule has 6 nitrogen and oxygen atoms in total. The van der Waals surface area contributed by atoms with Gasteiger partial charge in [-0.15, -0.1) is 0 Å². The molecule has 4 atom stereocenters. The summed E-state index contributed by atoms with van der Waals surface area (Å²) in [4.78, 5) is 44.5. The first kappa shape index (κ1) is 19.3. The van der Waals surface area contributed by atoms with E-state index in [4.69, 9.17) is 23.2 Å². The van der Waals surface area contributed by atoms with E-state index in [1.807, 2.05) is 6.92 Å². The number of hydrogen-bond donors (Lipinski definition) is 1. The predicted octanol–water partition coefficient (Wildman–Crippen LogP) is 3.73. The number of amides is 3. The number of carbonyl (C=O) groups is 3. The Morgan fingerprint density at radius 1 is 1.10 bits per heavy atom. The molecule has 4 aliphatic heterocycles. The van der Waals surface area contributed by atoms with Gasteiger partial charge in [0.15, 0.2) is 0 Å². The van der Waals surface area contributed by atoms with Crippen molar-refractivity contribution in [2.75, 3.05) is 16.8 Å². The topological polar surface area (TPSA) is 69.7 Å². The minimum absolute atomic E-state index is 0.176. The van der Waals surface area contributed by atoms with Crippen molar-refractivity contribution in [1.82, 2.24) is 4.90 Å². The standard InChI is InChI=1S/C23H19Cl2N3O3/c1-11-9-12(24)10-13-19(11)26-22(31)23(13)18-17(16-7-4-8-27(16)23)20(29)28(21(18)30)15-6-3-2-5-14(15)25/h2-3,5-6,9-10,16-18H,4,7-8H2,1H3,(H,26,31)/t16-,17-,18+,23+/m1/s1. The molecule has 1 spiro atoms. The van der Waals surface area contributed by atoms with Crippen LogP contribution in [-0.2, 0) is 19.9 Å². The van der Waals surface area contributed by atoms with Gasteiger partial charge in [-0.25, -0.2) is 4.90 Å². The fraction of sp³-hybridized carbons (Fsp3) is 0.348. The van der Waals surface area contributed by atoms with Crippen molar-refractivity contribution in [2.24, 2.45) is 11.8 Å². The van der Waals surface area contributed by atoms with Crippen LogP contribution in [-0.4, -0.2) is 35.2 Å². The van der Waals surface area contributed by atoms with Crippen LogP contribution in [0.15, 0.2) is 36.4 Å². The molecule has 1 N–H and O–H groups in total. The van der Waals surface area contributed by atoms with Crippen molar-refractivity contribution in [1.29, 1.82) is 0 Å². The van der Waals surface area contributed by atoms with E-state index in [0.29, 0.717) is 33.5 Å². The molecule has 4 aliphatic rings. The third-order valence-corrected chi connectivity index (χ3v) is 7.89. The highest BCUT2D eigenvalue weighted by atomic mass is 35.5. The summed E-state index contributed by atoms with van der Waals surface area (Å²) in [6.07, 6.45) is 1.63. The van der Waals surface area contributed by atoms with E-state index in [9.17, 15) is 14.4 Å². The molecule has 0 unspecified atom stereocenters. The highest BCUT2D eigenvalue weighted by Crippen LogP contribution is 2.61. The van der Waals surface area contributed by atoms with Crippen LogP contribution in [0.3, 0.4) is 0 Å². The molecular formula is C23H19Cl2N3O3. The van der Waals surface area contributed by atoms with Crippen LogP contribution < -0.4 is 10.2 Å². The van der Waals surface area contributed by atoms with Crippen molar-refractivity contribution in [3.63, 3.8) is 0 Å². The zero-order chi connectivity index (χ0) is 21.7. The van der Waals surface area contributed by atoms with E-state index in [-0.39, 0.29) is 23.8 Å². The Hall–Kier alpha value is -2.41. The third kappa shape index (κ3) is 2.20. The molecule has 8 heteroatoms. The number of hydrogen-bond acceptors (Lipinski definition) is 4. The van der Waals surface area contributed by atoms with Crippen LogP contribution in [0, 0.1) is 18.8 Å². The van der Waals surface area contributed by atoms with Crippen LogP contribution >= 0.6 is 23.2 Å². The summed E-state index contributed by atoms with van der Waals surface area (Å²) in [5.74, 6) is -2.33. The van der Waals surface area contributed by atoms with Gasteiger partial charge in [0.2, 0.25) is 17.7 Å². The smallest absolute Gasteiger partial charge is 0.250 e. The Morgan fingerprint density at radius 2 is 1.87 bits per heavy atom. The molecule has 0 aromatic heterocycles. The van der Waals surface area contributed by atoms with Gasteiger partial charge in [-0.05, 0) is 56.1 Å². The fourth-order valence-electron chi connectivity index (χ4n) is 6.31. The molecule has 0 saturated carbocycles. The minimum atomic E-state index is -1.24. The van der Waals surface area contributed by atoms with Gasteiger partial charge < -0.3 is 5.32 Å². The molecule has 3 fully saturated rings. The van der Waals surface area contributed by atoms with Crippen LogP contribution in [0.5, 0.6) is 0 Å². The van der Waals surface area contributed by atoms with E-state index < -0.39 is 17.4 Å². The largest absolute Gasteiger partial charge is 0.324 e. The lowest BCUT2D eigenvalue weighted by Gasteiger charge is -2.36. The van der Waals surface area contributed by atoms with Crippen LogP contribution in [0.25, 0.3) is 0 Å². The van der Waals surface area contributed by atoms with Crippen LogP contribution in [0.2, 0.25) is 10.0 Å². The molecule has 6 rings (SSSR count). The number of nitrogens with zero attached hydrogens (tertiary/aromatic N) is 2. The Balaban J connectivity index is 1.60. The molecule has 0 bridgehead atoms. The Labute approximate surface area is 189 Å². The maximum absolute atomic E-state index is 13.9. The quantitative estimate of drug-likeness (QED) is 0.665. The molecule has 3 saturated heterocycles. The molecule has 158 valence electrons. The van der Waals surface area contributed by atoms with Crippen molar-refractivity contribution in [2.45, 2.75) is 31.3 Å². The average molecular weight is 456 g/mol. The molecule has 31 heavy (non-hydrogen) atoms. The van der Waals surface area contributed by atoms with Crippen molar-refractivity contribution in [3.8, 4) is 0 Å². The number of fused-ring (bicyclic) bond motifs is 7. The highest BCUT2D eigenvalue weighted by Gasteiger charge is 2.74. The van der Waals surface area contributed by atoms with E-state index in [0.717, 1.165) is 18.4 Å². The van der Waals surface area contributed by atoms with Gasteiger partial charge in [0.1, 0.15) is 5.54 Å². The number of carbonyl (C=O) groups excluding carboxylic acids is 3. The number of anilines is 2. The van der Waals surface area contributed by atoms with Gasteiger partial charge in [0.05, 0.1) is 22.5 Å². The first-order chi connectivity index (χ1) is 14.9. The number of nitrogens with one attached hydrogen (secondary N) is 1. The van der Waals surface area contributed by atoms with Gasteiger partial charge >= 0.3 is 0 Å². The lowest BCUT2D eigenvalue weighted by Crippen LogP contribution is -2.54. The Bertz CT molecular complexity index is 1200. The lowest BCUT2D eigenvalue weighted by molar-refractivity contribution is -0.135. The molecule has 0 radical (unpaired) electrons. The zero-order valence-electron chi connectivity index (χ0n) is 16.7. The van der Waals surface area contributed by atoms with E-state index in [1.165, 1.54) is 4.90 Å². The second-order valence-electron chi connectivity index (χ2n) is 8.74. The maximum atomic E-state index is 13.9. The second-order valence-corrected chi connectivity index (χ2v) is 9.58. The number of rotatable bonds is 1.